The first-order chi connectivity index (χ1) is 7.83. The van der Waals surface area contributed by atoms with Gasteiger partial charge in [0.05, 0.1) is 0 Å². The molecule has 0 saturated carbocycles. The molecule has 78 valence electrons. The van der Waals surface area contributed by atoms with Crippen LogP contribution < -0.4 is 0 Å². The molecule has 0 unspecified atom stereocenters. The van der Waals surface area contributed by atoms with Crippen LogP contribution >= 0.6 is 11.3 Å². The van der Waals surface area contributed by atoms with Gasteiger partial charge in [0, 0.05) is 27.4 Å². The van der Waals surface area contributed by atoms with Crippen LogP contribution in [0.3, 0.4) is 0 Å². The second-order valence-electron chi connectivity index (χ2n) is 3.89. The third kappa shape index (κ3) is 1.61. The molecule has 2 heteroatoms. The van der Waals surface area contributed by atoms with Crippen LogP contribution in [0.2, 0.25) is 0 Å². The van der Waals surface area contributed by atoms with Crippen molar-refractivity contribution in [1.82, 2.24) is 4.98 Å². The molecule has 0 aliphatic heterocycles. The molecule has 0 saturated heterocycles. The highest BCUT2D eigenvalue weighted by molar-refractivity contribution is 7.22. The van der Waals surface area contributed by atoms with Crippen LogP contribution in [-0.2, 0) is 0 Å². The number of benzene rings is 1. The van der Waals surface area contributed by atoms with Gasteiger partial charge in [-0.2, -0.15) is 0 Å². The first-order valence-corrected chi connectivity index (χ1v) is 6.05. The monoisotopic (exact) mass is 225 g/mol. The zero-order chi connectivity index (χ0) is 11.0. The van der Waals surface area contributed by atoms with Crippen molar-refractivity contribution >= 4 is 21.4 Å². The van der Waals surface area contributed by atoms with E-state index in [0.717, 1.165) is 0 Å². The summed E-state index contributed by atoms with van der Waals surface area (Å²) in [7, 11) is 0. The number of aryl methyl sites for hydroxylation is 1. The van der Waals surface area contributed by atoms with E-state index < -0.39 is 0 Å². The summed E-state index contributed by atoms with van der Waals surface area (Å²) in [5.74, 6) is 0. The van der Waals surface area contributed by atoms with Crippen molar-refractivity contribution in [3.63, 3.8) is 0 Å². The minimum Gasteiger partial charge on any atom is -0.264 e. The standard InChI is InChI=1S/C14H11NS/c1-10-2-4-11(5-3-10)14-8-12-9-15-7-6-13(12)16-14/h2-9H,1H3. The Hall–Kier alpha value is -1.67. The molecule has 0 fully saturated rings. The van der Waals surface area contributed by atoms with Crippen molar-refractivity contribution in [3.8, 4) is 10.4 Å². The molecule has 0 radical (unpaired) electrons. The summed E-state index contributed by atoms with van der Waals surface area (Å²) in [5.41, 5.74) is 2.58. The molecule has 0 amide bonds. The first-order valence-electron chi connectivity index (χ1n) is 5.23. The van der Waals surface area contributed by atoms with E-state index in [1.54, 1.807) is 0 Å². The molecule has 2 heterocycles. The number of nitrogens with zero attached hydrogens (tertiary/aromatic N) is 1. The van der Waals surface area contributed by atoms with Crippen molar-refractivity contribution in [2.24, 2.45) is 0 Å². The highest BCUT2D eigenvalue weighted by atomic mass is 32.1. The minimum absolute atomic E-state index is 1.23. The molecule has 0 aliphatic rings. The highest BCUT2D eigenvalue weighted by Crippen LogP contribution is 2.32. The predicted octanol–water partition coefficient (Wildman–Crippen LogP) is 4.27. The van der Waals surface area contributed by atoms with Gasteiger partial charge >= 0.3 is 0 Å². The van der Waals surface area contributed by atoms with Crippen LogP contribution in [0.1, 0.15) is 5.56 Å². The Kier molecular flexibility index (Phi) is 2.22. The van der Waals surface area contributed by atoms with Crippen molar-refractivity contribution in [2.45, 2.75) is 6.92 Å². The van der Waals surface area contributed by atoms with Crippen LogP contribution in [0.4, 0.5) is 0 Å². The van der Waals surface area contributed by atoms with Crippen molar-refractivity contribution < 1.29 is 0 Å². The molecule has 3 rings (SSSR count). The van der Waals surface area contributed by atoms with E-state index in [0.29, 0.717) is 0 Å². The van der Waals surface area contributed by atoms with Crippen LogP contribution in [-0.4, -0.2) is 4.98 Å². The number of aromatic nitrogens is 1. The van der Waals surface area contributed by atoms with E-state index in [9.17, 15) is 0 Å². The van der Waals surface area contributed by atoms with Gasteiger partial charge in [-0.05, 0) is 24.6 Å². The lowest BCUT2D eigenvalue weighted by atomic mass is 10.1. The minimum atomic E-state index is 1.23. The molecule has 1 nitrogen and oxygen atoms in total. The van der Waals surface area contributed by atoms with Gasteiger partial charge in [0.1, 0.15) is 0 Å². The fraction of sp³-hybridized carbons (Fsp3) is 0.0714. The molecule has 0 spiro atoms. The number of pyridine rings is 1. The molecule has 0 N–H and O–H groups in total. The Labute approximate surface area is 98.4 Å². The van der Waals surface area contributed by atoms with E-state index in [-0.39, 0.29) is 0 Å². The molecular weight excluding hydrogens is 214 g/mol. The summed E-state index contributed by atoms with van der Waals surface area (Å²) in [6.45, 7) is 2.11. The van der Waals surface area contributed by atoms with Gasteiger partial charge in [-0.3, -0.25) is 4.98 Å². The van der Waals surface area contributed by atoms with Crippen LogP contribution in [0.25, 0.3) is 20.5 Å². The second-order valence-corrected chi connectivity index (χ2v) is 4.97. The van der Waals surface area contributed by atoms with E-state index in [2.05, 4.69) is 48.3 Å². The first kappa shape index (κ1) is 9.55. The number of hydrogen-bond donors (Lipinski definition) is 0. The average molecular weight is 225 g/mol. The molecule has 0 aliphatic carbocycles. The summed E-state index contributed by atoms with van der Waals surface area (Å²) in [4.78, 5) is 5.45. The van der Waals surface area contributed by atoms with Crippen LogP contribution in [0, 0.1) is 6.92 Å². The fourth-order valence-corrected chi connectivity index (χ4v) is 2.78. The zero-order valence-electron chi connectivity index (χ0n) is 8.97. The Morgan fingerprint density at radius 3 is 2.62 bits per heavy atom. The molecule has 0 bridgehead atoms. The lowest BCUT2D eigenvalue weighted by Crippen LogP contribution is -1.73. The smallest absolute Gasteiger partial charge is 0.0380 e. The van der Waals surface area contributed by atoms with E-state index >= 15 is 0 Å². The van der Waals surface area contributed by atoms with Crippen LogP contribution in [0.15, 0.2) is 48.8 Å². The maximum Gasteiger partial charge on any atom is 0.0380 e. The van der Waals surface area contributed by atoms with Crippen molar-refractivity contribution in [2.75, 3.05) is 0 Å². The van der Waals surface area contributed by atoms with Crippen LogP contribution in [0.5, 0.6) is 0 Å². The van der Waals surface area contributed by atoms with Gasteiger partial charge < -0.3 is 0 Å². The molecule has 2 aromatic heterocycles. The summed E-state index contributed by atoms with van der Waals surface area (Å²) in [6.07, 6.45) is 3.77. The lowest BCUT2D eigenvalue weighted by Gasteiger charge is -1.96. The predicted molar refractivity (Wildman–Crippen MR) is 69.8 cm³/mol. The van der Waals surface area contributed by atoms with Gasteiger partial charge in [-0.25, -0.2) is 0 Å². The summed E-state index contributed by atoms with van der Waals surface area (Å²) >= 11 is 1.82. The zero-order valence-corrected chi connectivity index (χ0v) is 9.79. The average Bonchev–Trinajstić information content (AvgIpc) is 2.73. The largest absolute Gasteiger partial charge is 0.264 e. The van der Waals surface area contributed by atoms with Gasteiger partial charge in [0.2, 0.25) is 0 Å². The SMILES string of the molecule is Cc1ccc(-c2cc3cnccc3s2)cc1. The van der Waals surface area contributed by atoms with Gasteiger partial charge in [-0.15, -0.1) is 11.3 Å². The van der Waals surface area contributed by atoms with E-state index in [1.165, 1.54) is 26.1 Å². The lowest BCUT2D eigenvalue weighted by molar-refractivity contribution is 1.37. The Morgan fingerprint density at radius 2 is 1.88 bits per heavy atom. The van der Waals surface area contributed by atoms with Gasteiger partial charge in [0.15, 0.2) is 0 Å². The van der Waals surface area contributed by atoms with Crippen molar-refractivity contribution in [3.05, 3.63) is 54.4 Å². The van der Waals surface area contributed by atoms with Crippen molar-refractivity contribution in [1.29, 1.82) is 0 Å². The van der Waals surface area contributed by atoms with E-state index in [1.807, 2.05) is 23.7 Å². The third-order valence-corrected chi connectivity index (χ3v) is 3.82. The molecule has 1 aromatic carbocycles. The molecule has 3 aromatic rings. The number of rotatable bonds is 1. The third-order valence-electron chi connectivity index (χ3n) is 2.65. The quantitative estimate of drug-likeness (QED) is 0.602. The molecule has 16 heavy (non-hydrogen) atoms. The number of hydrogen-bond acceptors (Lipinski definition) is 2. The summed E-state index contributed by atoms with van der Waals surface area (Å²) < 4.78 is 1.30. The van der Waals surface area contributed by atoms with E-state index in [4.69, 9.17) is 0 Å². The maximum atomic E-state index is 4.14. The fourth-order valence-electron chi connectivity index (χ4n) is 1.74. The summed E-state index contributed by atoms with van der Waals surface area (Å²) in [5, 5.41) is 1.23. The molecule has 0 atom stereocenters. The topological polar surface area (TPSA) is 12.9 Å². The normalized spacial score (nSPS) is 10.8. The number of fused-ring (bicyclic) bond motifs is 1. The van der Waals surface area contributed by atoms with Gasteiger partial charge in [-0.1, -0.05) is 29.8 Å². The Morgan fingerprint density at radius 1 is 1.06 bits per heavy atom. The Bertz CT molecular complexity index is 590. The van der Waals surface area contributed by atoms with Gasteiger partial charge in [0.25, 0.3) is 0 Å². The number of thiophene rings is 1. The maximum absolute atomic E-state index is 4.14. The summed E-state index contributed by atoms with van der Waals surface area (Å²) in [6, 6.07) is 12.9. The second kappa shape index (κ2) is 3.72. The molecular formula is C14H11NS. The Balaban J connectivity index is 2.15. The highest BCUT2D eigenvalue weighted by Gasteiger charge is 2.03.